The van der Waals surface area contributed by atoms with Gasteiger partial charge >= 0.3 is 0 Å². The Morgan fingerprint density at radius 2 is 2.04 bits per heavy atom. The minimum absolute atomic E-state index is 0.00128. The molecule has 2 amide bonds. The van der Waals surface area contributed by atoms with Crippen molar-refractivity contribution >= 4 is 11.8 Å². The Labute approximate surface area is 140 Å². The van der Waals surface area contributed by atoms with Gasteiger partial charge in [0.05, 0.1) is 11.1 Å². The molecule has 0 aliphatic carbocycles. The molecule has 0 saturated carbocycles. The molecule has 0 radical (unpaired) electrons. The van der Waals surface area contributed by atoms with E-state index in [0.29, 0.717) is 30.0 Å². The van der Waals surface area contributed by atoms with Crippen LogP contribution in [0.3, 0.4) is 0 Å². The van der Waals surface area contributed by atoms with E-state index in [1.165, 1.54) is 0 Å². The first-order valence-corrected chi connectivity index (χ1v) is 8.12. The third-order valence-corrected chi connectivity index (χ3v) is 4.31. The Morgan fingerprint density at radius 1 is 1.29 bits per heavy atom. The van der Waals surface area contributed by atoms with Crippen LogP contribution in [0.2, 0.25) is 0 Å². The number of aryl methyl sites for hydroxylation is 2. The van der Waals surface area contributed by atoms with Crippen LogP contribution in [0.15, 0.2) is 35.0 Å². The van der Waals surface area contributed by atoms with Crippen LogP contribution in [-0.4, -0.2) is 40.8 Å². The van der Waals surface area contributed by atoms with Gasteiger partial charge in [-0.25, -0.2) is 0 Å². The molecule has 1 aliphatic rings. The van der Waals surface area contributed by atoms with E-state index in [-0.39, 0.29) is 17.9 Å². The zero-order chi connectivity index (χ0) is 17.1. The van der Waals surface area contributed by atoms with E-state index in [0.717, 1.165) is 18.6 Å². The Hall–Kier alpha value is -2.63. The van der Waals surface area contributed by atoms with E-state index in [1.54, 1.807) is 37.5 Å². The average Bonchev–Trinajstić information content (AvgIpc) is 2.94. The van der Waals surface area contributed by atoms with Crippen molar-refractivity contribution in [3.05, 3.63) is 53.2 Å². The number of aromatic nitrogens is 1. The van der Waals surface area contributed by atoms with Gasteiger partial charge in [0.1, 0.15) is 11.5 Å². The predicted octanol–water partition coefficient (Wildman–Crippen LogP) is 2.33. The zero-order valence-corrected chi connectivity index (χ0v) is 13.9. The van der Waals surface area contributed by atoms with Gasteiger partial charge in [0, 0.05) is 31.5 Å². The lowest BCUT2D eigenvalue weighted by atomic mass is 10.0. The Kier molecular flexibility index (Phi) is 4.64. The second-order valence-electron chi connectivity index (χ2n) is 6.11. The number of hydrogen-bond acceptors (Lipinski definition) is 4. The van der Waals surface area contributed by atoms with Crippen LogP contribution in [0, 0.1) is 13.8 Å². The van der Waals surface area contributed by atoms with Crippen LogP contribution in [0.5, 0.6) is 0 Å². The topological polar surface area (TPSA) is 75.4 Å². The molecular formula is C18H21N3O3. The fraction of sp³-hybridized carbons (Fsp3) is 0.389. The molecule has 1 saturated heterocycles. The van der Waals surface area contributed by atoms with Gasteiger partial charge in [-0.05, 0) is 44.9 Å². The number of nitrogens with zero attached hydrogens (tertiary/aromatic N) is 2. The molecule has 2 aromatic rings. The quantitative estimate of drug-likeness (QED) is 0.939. The second-order valence-corrected chi connectivity index (χ2v) is 6.11. The number of piperidine rings is 1. The Morgan fingerprint density at radius 3 is 2.62 bits per heavy atom. The lowest BCUT2D eigenvalue weighted by Crippen LogP contribution is -2.46. The molecule has 0 aromatic carbocycles. The minimum Gasteiger partial charge on any atom is -0.466 e. The van der Waals surface area contributed by atoms with Crippen LogP contribution in [0.4, 0.5) is 0 Å². The SMILES string of the molecule is Cc1cc(C(=O)N2CCC(NC(=O)c3cccnc3)CC2)c(C)o1. The number of likely N-dealkylation sites (tertiary alicyclic amines) is 1. The smallest absolute Gasteiger partial charge is 0.257 e. The largest absolute Gasteiger partial charge is 0.466 e. The first-order chi connectivity index (χ1) is 11.5. The van der Waals surface area contributed by atoms with Crippen LogP contribution in [0.1, 0.15) is 45.1 Å². The van der Waals surface area contributed by atoms with Crippen molar-refractivity contribution in [2.24, 2.45) is 0 Å². The summed E-state index contributed by atoms with van der Waals surface area (Å²) in [4.78, 5) is 30.5. The second kappa shape index (κ2) is 6.86. The monoisotopic (exact) mass is 327 g/mol. The highest BCUT2D eigenvalue weighted by atomic mass is 16.3. The van der Waals surface area contributed by atoms with E-state index in [9.17, 15) is 9.59 Å². The van der Waals surface area contributed by atoms with Crippen molar-refractivity contribution in [3.8, 4) is 0 Å². The molecule has 24 heavy (non-hydrogen) atoms. The van der Waals surface area contributed by atoms with Gasteiger partial charge < -0.3 is 14.6 Å². The molecule has 0 spiro atoms. The molecule has 1 fully saturated rings. The molecule has 6 heteroatoms. The van der Waals surface area contributed by atoms with Crippen molar-refractivity contribution in [2.75, 3.05) is 13.1 Å². The van der Waals surface area contributed by atoms with Gasteiger partial charge in [-0.1, -0.05) is 0 Å². The molecule has 0 bridgehead atoms. The molecular weight excluding hydrogens is 306 g/mol. The van der Waals surface area contributed by atoms with Crippen LogP contribution in [-0.2, 0) is 0 Å². The maximum atomic E-state index is 12.6. The first-order valence-electron chi connectivity index (χ1n) is 8.12. The summed E-state index contributed by atoms with van der Waals surface area (Å²) < 4.78 is 5.44. The molecule has 3 heterocycles. The van der Waals surface area contributed by atoms with Gasteiger partial charge in [0.2, 0.25) is 0 Å². The van der Waals surface area contributed by atoms with E-state index in [2.05, 4.69) is 10.3 Å². The lowest BCUT2D eigenvalue weighted by Gasteiger charge is -2.32. The van der Waals surface area contributed by atoms with E-state index >= 15 is 0 Å². The number of amides is 2. The zero-order valence-electron chi connectivity index (χ0n) is 13.9. The summed E-state index contributed by atoms with van der Waals surface area (Å²) in [5.74, 6) is 1.29. The molecule has 126 valence electrons. The van der Waals surface area contributed by atoms with Gasteiger partial charge in [0.15, 0.2) is 0 Å². The summed E-state index contributed by atoms with van der Waals surface area (Å²) in [5.41, 5.74) is 1.19. The lowest BCUT2D eigenvalue weighted by molar-refractivity contribution is 0.0696. The summed E-state index contributed by atoms with van der Waals surface area (Å²) in [6, 6.07) is 5.35. The molecule has 3 rings (SSSR count). The minimum atomic E-state index is -0.116. The van der Waals surface area contributed by atoms with Gasteiger partial charge in [-0.15, -0.1) is 0 Å². The maximum absolute atomic E-state index is 12.6. The summed E-state index contributed by atoms with van der Waals surface area (Å²) in [5, 5.41) is 3.01. The Balaban J connectivity index is 1.55. The molecule has 1 N–H and O–H groups in total. The van der Waals surface area contributed by atoms with E-state index in [4.69, 9.17) is 4.42 Å². The van der Waals surface area contributed by atoms with Crippen LogP contribution < -0.4 is 5.32 Å². The average molecular weight is 327 g/mol. The van der Waals surface area contributed by atoms with Gasteiger partial charge in [0.25, 0.3) is 11.8 Å². The molecule has 1 aliphatic heterocycles. The summed E-state index contributed by atoms with van der Waals surface area (Å²) in [7, 11) is 0. The van der Waals surface area contributed by atoms with Crippen molar-refractivity contribution < 1.29 is 14.0 Å². The number of nitrogens with one attached hydrogen (secondary N) is 1. The highest BCUT2D eigenvalue weighted by Gasteiger charge is 2.26. The highest BCUT2D eigenvalue weighted by Crippen LogP contribution is 2.19. The molecule has 2 aromatic heterocycles. The van der Waals surface area contributed by atoms with Gasteiger partial charge in [-0.3, -0.25) is 14.6 Å². The molecule has 0 atom stereocenters. The van der Waals surface area contributed by atoms with E-state index < -0.39 is 0 Å². The van der Waals surface area contributed by atoms with Crippen molar-refractivity contribution in [2.45, 2.75) is 32.7 Å². The van der Waals surface area contributed by atoms with Gasteiger partial charge in [-0.2, -0.15) is 0 Å². The number of rotatable bonds is 3. The summed E-state index contributed by atoms with van der Waals surface area (Å²) in [6.07, 6.45) is 4.68. The normalized spacial score (nSPS) is 15.3. The summed E-state index contributed by atoms with van der Waals surface area (Å²) in [6.45, 7) is 4.89. The first kappa shape index (κ1) is 16.2. The van der Waals surface area contributed by atoms with Crippen molar-refractivity contribution in [1.29, 1.82) is 0 Å². The number of furan rings is 1. The standard InChI is InChI=1S/C18H21N3O3/c1-12-10-16(13(2)24-12)18(23)21-8-5-15(6-9-21)20-17(22)14-4-3-7-19-11-14/h3-4,7,10-11,15H,5-6,8-9H2,1-2H3,(H,20,22). The van der Waals surface area contributed by atoms with Crippen LogP contribution in [0.25, 0.3) is 0 Å². The third kappa shape index (κ3) is 3.48. The van der Waals surface area contributed by atoms with E-state index in [1.807, 2.05) is 11.8 Å². The fourth-order valence-electron chi connectivity index (χ4n) is 3.01. The third-order valence-electron chi connectivity index (χ3n) is 4.31. The predicted molar refractivity (Wildman–Crippen MR) is 88.8 cm³/mol. The molecule has 0 unspecified atom stereocenters. The van der Waals surface area contributed by atoms with Crippen molar-refractivity contribution in [1.82, 2.24) is 15.2 Å². The van der Waals surface area contributed by atoms with Crippen molar-refractivity contribution in [3.63, 3.8) is 0 Å². The fourth-order valence-corrected chi connectivity index (χ4v) is 3.01. The number of hydrogen-bond donors (Lipinski definition) is 1. The van der Waals surface area contributed by atoms with Crippen LogP contribution >= 0.6 is 0 Å². The molecule has 6 nitrogen and oxygen atoms in total. The number of carbonyl (C=O) groups excluding carboxylic acids is 2. The Bertz CT molecular complexity index is 731. The highest BCUT2D eigenvalue weighted by molar-refractivity contribution is 5.95. The maximum Gasteiger partial charge on any atom is 0.257 e. The summed E-state index contributed by atoms with van der Waals surface area (Å²) >= 11 is 0. The number of carbonyl (C=O) groups is 2. The number of pyridine rings is 1.